The van der Waals surface area contributed by atoms with Gasteiger partial charge in [0.25, 0.3) is 11.7 Å². The van der Waals surface area contributed by atoms with E-state index in [-0.39, 0.29) is 17.0 Å². The van der Waals surface area contributed by atoms with Crippen molar-refractivity contribution < 1.29 is 23.8 Å². The van der Waals surface area contributed by atoms with Crippen molar-refractivity contribution in [2.75, 3.05) is 12.0 Å². The SMILES string of the molecule is COc1ccccc1/C(O)=C1\C(=O)C(=O)N(c2cccc(F)c2)C1c1ccccc1C. The number of hydrogen-bond acceptors (Lipinski definition) is 4. The van der Waals surface area contributed by atoms with Gasteiger partial charge >= 0.3 is 0 Å². The second-order valence-corrected chi connectivity index (χ2v) is 7.21. The van der Waals surface area contributed by atoms with Crippen molar-refractivity contribution in [3.63, 3.8) is 0 Å². The largest absolute Gasteiger partial charge is 0.507 e. The van der Waals surface area contributed by atoms with Crippen LogP contribution in [0.4, 0.5) is 10.1 Å². The topological polar surface area (TPSA) is 66.8 Å². The normalized spacial score (nSPS) is 17.8. The lowest BCUT2D eigenvalue weighted by Crippen LogP contribution is -2.29. The predicted molar refractivity (Wildman–Crippen MR) is 115 cm³/mol. The number of methoxy groups -OCH3 is 1. The van der Waals surface area contributed by atoms with E-state index in [1.807, 2.05) is 19.1 Å². The van der Waals surface area contributed by atoms with Gasteiger partial charge < -0.3 is 9.84 Å². The maximum absolute atomic E-state index is 14.0. The second kappa shape index (κ2) is 8.07. The van der Waals surface area contributed by atoms with Gasteiger partial charge in [-0.1, -0.05) is 42.5 Å². The molecule has 1 aliphatic rings. The number of aliphatic hydroxyl groups is 1. The molecule has 0 aromatic heterocycles. The number of nitrogens with zero attached hydrogens (tertiary/aromatic N) is 1. The van der Waals surface area contributed by atoms with Gasteiger partial charge in [0.2, 0.25) is 0 Å². The molecule has 1 heterocycles. The number of aryl methyl sites for hydroxylation is 1. The molecule has 0 spiro atoms. The van der Waals surface area contributed by atoms with Gasteiger partial charge in [-0.2, -0.15) is 0 Å². The molecule has 1 N–H and O–H groups in total. The van der Waals surface area contributed by atoms with Crippen LogP contribution in [0.15, 0.2) is 78.4 Å². The molecule has 156 valence electrons. The number of anilines is 1. The lowest BCUT2D eigenvalue weighted by Gasteiger charge is -2.26. The summed E-state index contributed by atoms with van der Waals surface area (Å²) in [4.78, 5) is 27.5. The van der Waals surface area contributed by atoms with Crippen LogP contribution in [0.25, 0.3) is 5.76 Å². The van der Waals surface area contributed by atoms with Crippen LogP contribution in [0, 0.1) is 12.7 Å². The summed E-state index contributed by atoms with van der Waals surface area (Å²) >= 11 is 0. The Morgan fingerprint density at radius 2 is 1.71 bits per heavy atom. The maximum atomic E-state index is 14.0. The van der Waals surface area contributed by atoms with E-state index in [4.69, 9.17) is 4.74 Å². The first-order valence-corrected chi connectivity index (χ1v) is 9.69. The van der Waals surface area contributed by atoms with E-state index in [0.717, 1.165) is 5.56 Å². The first-order valence-electron chi connectivity index (χ1n) is 9.69. The van der Waals surface area contributed by atoms with Crippen molar-refractivity contribution in [1.29, 1.82) is 0 Å². The Hall–Kier alpha value is -3.93. The number of Topliss-reactive ketones (excluding diaryl/α,β-unsaturated/α-hetero) is 1. The highest BCUT2D eigenvalue weighted by Crippen LogP contribution is 2.44. The molecule has 1 aliphatic heterocycles. The zero-order valence-corrected chi connectivity index (χ0v) is 17.0. The van der Waals surface area contributed by atoms with E-state index < -0.39 is 23.5 Å². The molecule has 0 bridgehead atoms. The highest BCUT2D eigenvalue weighted by molar-refractivity contribution is 6.51. The zero-order valence-electron chi connectivity index (χ0n) is 17.0. The number of ether oxygens (including phenoxy) is 1. The number of rotatable bonds is 4. The van der Waals surface area contributed by atoms with Crippen molar-refractivity contribution in [3.8, 4) is 5.75 Å². The van der Waals surface area contributed by atoms with Gasteiger partial charge in [0, 0.05) is 5.69 Å². The summed E-state index contributed by atoms with van der Waals surface area (Å²) in [6.07, 6.45) is 0. The average Bonchev–Trinajstić information content (AvgIpc) is 3.04. The van der Waals surface area contributed by atoms with E-state index in [2.05, 4.69) is 0 Å². The summed E-state index contributed by atoms with van der Waals surface area (Å²) in [7, 11) is 1.45. The molecule has 0 radical (unpaired) electrons. The fourth-order valence-electron chi connectivity index (χ4n) is 3.90. The predicted octanol–water partition coefficient (Wildman–Crippen LogP) is 4.77. The van der Waals surface area contributed by atoms with Crippen molar-refractivity contribution >= 4 is 23.1 Å². The molecular weight excluding hydrogens is 397 g/mol. The average molecular weight is 417 g/mol. The molecule has 1 fully saturated rings. The summed E-state index contributed by atoms with van der Waals surface area (Å²) in [5.41, 5.74) is 1.92. The van der Waals surface area contributed by atoms with Crippen LogP contribution in [-0.2, 0) is 9.59 Å². The van der Waals surface area contributed by atoms with E-state index in [1.54, 1.807) is 42.5 Å². The molecule has 4 rings (SSSR count). The van der Waals surface area contributed by atoms with Gasteiger partial charge in [-0.25, -0.2) is 4.39 Å². The Labute approximate surface area is 179 Å². The molecule has 0 aliphatic carbocycles. The number of carbonyl (C=O) groups is 2. The molecule has 3 aromatic rings. The highest BCUT2D eigenvalue weighted by Gasteiger charge is 2.47. The summed E-state index contributed by atoms with van der Waals surface area (Å²) in [6, 6.07) is 18.5. The monoisotopic (exact) mass is 417 g/mol. The minimum absolute atomic E-state index is 0.0759. The molecule has 6 heteroatoms. The molecule has 5 nitrogen and oxygen atoms in total. The fraction of sp³-hybridized carbons (Fsp3) is 0.120. The van der Waals surface area contributed by atoms with Gasteiger partial charge in [0.05, 0.1) is 24.3 Å². The summed E-state index contributed by atoms with van der Waals surface area (Å²) in [5, 5.41) is 11.2. The molecule has 1 amide bonds. The number of benzene rings is 3. The van der Waals surface area contributed by atoms with E-state index in [0.29, 0.717) is 16.9 Å². The molecule has 1 saturated heterocycles. The number of para-hydroxylation sites is 1. The van der Waals surface area contributed by atoms with Crippen LogP contribution >= 0.6 is 0 Å². The molecular formula is C25H20FNO4. The minimum Gasteiger partial charge on any atom is -0.507 e. The molecule has 3 aromatic carbocycles. The maximum Gasteiger partial charge on any atom is 0.300 e. The van der Waals surface area contributed by atoms with Crippen LogP contribution < -0.4 is 9.64 Å². The standard InChI is InChI=1S/C25H20FNO4/c1-15-8-3-4-11-18(15)22-21(23(28)19-12-5-6-13-20(19)31-2)24(29)25(30)27(22)17-10-7-9-16(26)14-17/h3-14,22,28H,1-2H3/b23-21+. The quantitative estimate of drug-likeness (QED) is 0.377. The van der Waals surface area contributed by atoms with Crippen LogP contribution in [0.3, 0.4) is 0 Å². The van der Waals surface area contributed by atoms with Crippen molar-refractivity contribution in [1.82, 2.24) is 0 Å². The minimum atomic E-state index is -0.923. The van der Waals surface area contributed by atoms with Gasteiger partial charge in [-0.15, -0.1) is 0 Å². The lowest BCUT2D eigenvalue weighted by molar-refractivity contribution is -0.132. The van der Waals surface area contributed by atoms with Crippen molar-refractivity contribution in [3.05, 3.63) is 101 Å². The molecule has 0 saturated carbocycles. The van der Waals surface area contributed by atoms with Crippen LogP contribution in [-0.4, -0.2) is 23.9 Å². The number of aliphatic hydroxyl groups excluding tert-OH is 1. The third kappa shape index (κ3) is 3.46. The van der Waals surface area contributed by atoms with E-state index in [9.17, 15) is 19.1 Å². The number of amides is 1. The highest BCUT2D eigenvalue weighted by atomic mass is 19.1. The van der Waals surface area contributed by atoms with Crippen LogP contribution in [0.1, 0.15) is 22.7 Å². The molecule has 31 heavy (non-hydrogen) atoms. The first-order chi connectivity index (χ1) is 14.9. The summed E-state index contributed by atoms with van der Waals surface area (Å²) in [5.74, 6) is -2.20. The second-order valence-electron chi connectivity index (χ2n) is 7.21. The Bertz CT molecular complexity index is 1220. The first kappa shape index (κ1) is 20.3. The van der Waals surface area contributed by atoms with Gasteiger partial charge in [0.1, 0.15) is 17.3 Å². The Kier molecular flexibility index (Phi) is 5.29. The lowest BCUT2D eigenvalue weighted by atomic mass is 9.92. The third-order valence-corrected chi connectivity index (χ3v) is 5.38. The fourth-order valence-corrected chi connectivity index (χ4v) is 3.90. The van der Waals surface area contributed by atoms with Crippen molar-refractivity contribution in [2.24, 2.45) is 0 Å². The van der Waals surface area contributed by atoms with Gasteiger partial charge in [-0.05, 0) is 48.4 Å². The van der Waals surface area contributed by atoms with Gasteiger partial charge in [0.15, 0.2) is 0 Å². The van der Waals surface area contributed by atoms with E-state index in [1.165, 1.54) is 30.2 Å². The number of hydrogen-bond donors (Lipinski definition) is 1. The summed E-state index contributed by atoms with van der Waals surface area (Å²) < 4.78 is 19.3. The smallest absolute Gasteiger partial charge is 0.300 e. The van der Waals surface area contributed by atoms with Crippen LogP contribution in [0.2, 0.25) is 0 Å². The molecule has 1 atom stereocenters. The Balaban J connectivity index is 2.01. The number of halogens is 1. The zero-order chi connectivity index (χ0) is 22.1. The Morgan fingerprint density at radius 1 is 1.00 bits per heavy atom. The summed E-state index contributed by atoms with van der Waals surface area (Å²) in [6.45, 7) is 1.85. The Morgan fingerprint density at radius 3 is 2.42 bits per heavy atom. The van der Waals surface area contributed by atoms with E-state index >= 15 is 0 Å². The third-order valence-electron chi connectivity index (χ3n) is 5.38. The number of ketones is 1. The van der Waals surface area contributed by atoms with Gasteiger partial charge in [-0.3, -0.25) is 14.5 Å². The van der Waals surface area contributed by atoms with Crippen LogP contribution in [0.5, 0.6) is 5.75 Å². The number of carbonyl (C=O) groups excluding carboxylic acids is 2. The molecule has 1 unspecified atom stereocenters. The van der Waals surface area contributed by atoms with Crippen molar-refractivity contribution in [2.45, 2.75) is 13.0 Å².